The molecule has 1 unspecified atom stereocenters. The van der Waals surface area contributed by atoms with Gasteiger partial charge in [-0.05, 0) is 30.5 Å². The van der Waals surface area contributed by atoms with Gasteiger partial charge in [0.1, 0.15) is 17.9 Å². The number of hydrogen-bond donors (Lipinski definition) is 2. The van der Waals surface area contributed by atoms with Crippen molar-refractivity contribution in [2.45, 2.75) is 38.6 Å². The number of aryl methyl sites for hydroxylation is 1. The molecular formula is C21H23N3O4. The molecule has 28 heavy (non-hydrogen) atoms. The predicted octanol–water partition coefficient (Wildman–Crippen LogP) is 2.75. The summed E-state index contributed by atoms with van der Waals surface area (Å²) in [6.07, 6.45) is 0.485. The molecule has 1 atom stereocenters. The Morgan fingerprint density at radius 3 is 2.89 bits per heavy atom. The van der Waals surface area contributed by atoms with Crippen LogP contribution in [0.25, 0.3) is 11.1 Å². The molecule has 7 heteroatoms. The third kappa shape index (κ3) is 3.11. The fourth-order valence-electron chi connectivity index (χ4n) is 3.54. The van der Waals surface area contributed by atoms with Gasteiger partial charge in [0.15, 0.2) is 0 Å². The van der Waals surface area contributed by atoms with Gasteiger partial charge in [0, 0.05) is 12.1 Å². The van der Waals surface area contributed by atoms with Crippen LogP contribution in [-0.4, -0.2) is 39.9 Å². The quantitative estimate of drug-likeness (QED) is 0.721. The van der Waals surface area contributed by atoms with Crippen LogP contribution in [0.4, 0.5) is 0 Å². The molecule has 7 nitrogen and oxygen atoms in total. The Morgan fingerprint density at radius 1 is 1.36 bits per heavy atom. The van der Waals surface area contributed by atoms with E-state index < -0.39 is 5.54 Å². The molecule has 3 aromatic rings. The van der Waals surface area contributed by atoms with Gasteiger partial charge in [0.25, 0.3) is 11.6 Å². The highest BCUT2D eigenvalue weighted by Crippen LogP contribution is 2.30. The Bertz CT molecular complexity index is 1040. The van der Waals surface area contributed by atoms with E-state index in [-0.39, 0.29) is 25.0 Å². The Morgan fingerprint density at radius 2 is 2.14 bits per heavy atom. The Labute approximate surface area is 162 Å². The number of aliphatic hydroxyl groups excluding tert-OH is 1. The summed E-state index contributed by atoms with van der Waals surface area (Å²) in [7, 11) is 0. The fourth-order valence-corrected chi connectivity index (χ4v) is 3.54. The summed E-state index contributed by atoms with van der Waals surface area (Å²) in [5.41, 5.74) is 2.19. The summed E-state index contributed by atoms with van der Waals surface area (Å²) in [5, 5.41) is 17.7. The summed E-state index contributed by atoms with van der Waals surface area (Å²) in [4.78, 5) is 17.7. The van der Waals surface area contributed by atoms with E-state index >= 15 is 0 Å². The van der Waals surface area contributed by atoms with Crippen LogP contribution in [0.3, 0.4) is 0 Å². The summed E-state index contributed by atoms with van der Waals surface area (Å²) in [5.74, 6) is 0.597. The van der Waals surface area contributed by atoms with Crippen LogP contribution >= 0.6 is 0 Å². The first-order valence-electron chi connectivity index (χ1n) is 9.33. The van der Waals surface area contributed by atoms with Gasteiger partial charge in [-0.15, -0.1) is 0 Å². The van der Waals surface area contributed by atoms with Crippen molar-refractivity contribution in [3.8, 4) is 5.75 Å². The molecule has 1 aliphatic heterocycles. The summed E-state index contributed by atoms with van der Waals surface area (Å²) >= 11 is 0. The Balaban J connectivity index is 1.71. The maximum absolute atomic E-state index is 13.3. The van der Waals surface area contributed by atoms with Crippen LogP contribution < -0.4 is 10.1 Å². The minimum atomic E-state index is -0.899. The number of aliphatic hydroxyl groups is 1. The highest BCUT2D eigenvalue weighted by Gasteiger charge is 2.37. The lowest BCUT2D eigenvalue weighted by atomic mass is 9.89. The topological polar surface area (TPSA) is 97.5 Å². The molecule has 146 valence electrons. The lowest BCUT2D eigenvalue weighted by molar-refractivity contribution is 0.0654. The van der Waals surface area contributed by atoms with Crippen LogP contribution in [0.1, 0.15) is 47.1 Å². The first-order valence-corrected chi connectivity index (χ1v) is 9.33. The third-order valence-electron chi connectivity index (χ3n) is 5.16. The molecule has 1 amide bonds. The van der Waals surface area contributed by atoms with Crippen LogP contribution in [-0.2, 0) is 6.42 Å². The standard InChI is InChI=1S/C21H23N3O4/c1-12(2)16-8-15(18-13(3)24-28-20(18)22-16)19(26)23-21(10-25)9-14-6-4-5-7-17(14)27-11-21/h4-8,12,25H,9-11H2,1-3H3,(H,23,26). The van der Waals surface area contributed by atoms with E-state index in [4.69, 9.17) is 9.26 Å². The number of pyridine rings is 1. The summed E-state index contributed by atoms with van der Waals surface area (Å²) in [6, 6.07) is 9.42. The second kappa shape index (κ2) is 6.91. The third-order valence-corrected chi connectivity index (χ3v) is 5.16. The molecule has 1 aliphatic rings. The highest BCUT2D eigenvalue weighted by atomic mass is 16.5. The second-order valence-electron chi connectivity index (χ2n) is 7.66. The number of nitrogens with zero attached hydrogens (tertiary/aromatic N) is 2. The van der Waals surface area contributed by atoms with Crippen LogP contribution in [0.5, 0.6) is 5.75 Å². The van der Waals surface area contributed by atoms with Gasteiger partial charge in [-0.25, -0.2) is 4.98 Å². The minimum Gasteiger partial charge on any atom is -0.491 e. The van der Waals surface area contributed by atoms with E-state index in [0.717, 1.165) is 17.0 Å². The van der Waals surface area contributed by atoms with E-state index in [1.165, 1.54) is 0 Å². The molecule has 0 spiro atoms. The lowest BCUT2D eigenvalue weighted by Gasteiger charge is -2.37. The average molecular weight is 381 g/mol. The van der Waals surface area contributed by atoms with Gasteiger partial charge in [-0.1, -0.05) is 37.2 Å². The van der Waals surface area contributed by atoms with Gasteiger partial charge >= 0.3 is 0 Å². The number of carbonyl (C=O) groups excluding carboxylic acids is 1. The largest absolute Gasteiger partial charge is 0.491 e. The van der Waals surface area contributed by atoms with E-state index in [2.05, 4.69) is 15.5 Å². The van der Waals surface area contributed by atoms with Crippen LogP contribution in [0, 0.1) is 6.92 Å². The first-order chi connectivity index (χ1) is 13.4. The molecular weight excluding hydrogens is 358 g/mol. The molecule has 0 aliphatic carbocycles. The smallest absolute Gasteiger partial charge is 0.259 e. The summed E-state index contributed by atoms with van der Waals surface area (Å²) < 4.78 is 11.1. The molecule has 4 rings (SSSR count). The Kier molecular flexibility index (Phi) is 4.55. The van der Waals surface area contributed by atoms with Crippen molar-refractivity contribution >= 4 is 17.0 Å². The number of fused-ring (bicyclic) bond motifs is 2. The average Bonchev–Trinajstić information content (AvgIpc) is 3.08. The Hall–Kier alpha value is -2.93. The van der Waals surface area contributed by atoms with Crippen LogP contribution in [0.15, 0.2) is 34.9 Å². The summed E-state index contributed by atoms with van der Waals surface area (Å²) in [6.45, 7) is 5.74. The van der Waals surface area contributed by atoms with Crippen LogP contribution in [0.2, 0.25) is 0 Å². The van der Waals surface area contributed by atoms with Crippen molar-refractivity contribution in [2.24, 2.45) is 0 Å². The molecule has 2 N–H and O–H groups in total. The van der Waals surface area contributed by atoms with Crippen molar-refractivity contribution in [3.05, 3.63) is 52.8 Å². The molecule has 0 bridgehead atoms. The zero-order valence-corrected chi connectivity index (χ0v) is 16.2. The highest BCUT2D eigenvalue weighted by molar-refractivity contribution is 6.06. The van der Waals surface area contributed by atoms with Gasteiger partial charge < -0.3 is 19.7 Å². The molecule has 2 aromatic heterocycles. The number of amides is 1. The number of para-hydroxylation sites is 1. The fraction of sp³-hybridized carbons (Fsp3) is 0.381. The van der Waals surface area contributed by atoms with Crippen molar-refractivity contribution in [2.75, 3.05) is 13.2 Å². The zero-order chi connectivity index (χ0) is 19.9. The molecule has 0 fully saturated rings. The normalized spacial score (nSPS) is 18.8. The minimum absolute atomic E-state index is 0.123. The first kappa shape index (κ1) is 18.4. The monoisotopic (exact) mass is 381 g/mol. The number of aromatic nitrogens is 2. The molecule has 0 saturated heterocycles. The van der Waals surface area contributed by atoms with Gasteiger partial charge in [-0.2, -0.15) is 0 Å². The van der Waals surface area contributed by atoms with Crippen molar-refractivity contribution in [1.29, 1.82) is 0 Å². The van der Waals surface area contributed by atoms with Crippen molar-refractivity contribution in [3.63, 3.8) is 0 Å². The number of hydrogen-bond acceptors (Lipinski definition) is 6. The zero-order valence-electron chi connectivity index (χ0n) is 16.2. The molecule has 0 radical (unpaired) electrons. The molecule has 0 saturated carbocycles. The number of carbonyl (C=O) groups is 1. The SMILES string of the molecule is Cc1noc2nc(C(C)C)cc(C(=O)NC3(CO)COc4ccccc4C3)c12. The maximum atomic E-state index is 13.3. The number of benzene rings is 1. The number of nitrogens with one attached hydrogen (secondary N) is 1. The molecule has 3 heterocycles. The van der Waals surface area contributed by atoms with E-state index in [0.29, 0.717) is 28.8 Å². The second-order valence-corrected chi connectivity index (χ2v) is 7.66. The van der Waals surface area contributed by atoms with Gasteiger partial charge in [0.2, 0.25) is 0 Å². The van der Waals surface area contributed by atoms with Gasteiger partial charge in [0.05, 0.1) is 23.3 Å². The van der Waals surface area contributed by atoms with E-state index in [1.807, 2.05) is 38.1 Å². The molecule has 1 aromatic carbocycles. The maximum Gasteiger partial charge on any atom is 0.259 e. The van der Waals surface area contributed by atoms with E-state index in [1.54, 1.807) is 13.0 Å². The van der Waals surface area contributed by atoms with Gasteiger partial charge in [-0.3, -0.25) is 4.79 Å². The number of rotatable bonds is 4. The lowest BCUT2D eigenvalue weighted by Crippen LogP contribution is -2.58. The van der Waals surface area contributed by atoms with Crippen molar-refractivity contribution in [1.82, 2.24) is 15.5 Å². The van der Waals surface area contributed by atoms with Crippen molar-refractivity contribution < 1.29 is 19.2 Å². The number of ether oxygens (including phenoxy) is 1. The predicted molar refractivity (Wildman–Crippen MR) is 104 cm³/mol. The van der Waals surface area contributed by atoms with E-state index in [9.17, 15) is 9.90 Å².